The SMILES string of the molecule is FC(F)(F)c1ccnc(NCc2ccccc2Cl)c1. The molecule has 0 fully saturated rings. The summed E-state index contributed by atoms with van der Waals surface area (Å²) in [5, 5.41) is 3.38. The third-order valence-corrected chi connectivity index (χ3v) is 2.87. The van der Waals surface area contributed by atoms with Crippen LogP contribution in [0.15, 0.2) is 42.6 Å². The first-order valence-corrected chi connectivity index (χ1v) is 5.85. The van der Waals surface area contributed by atoms with E-state index >= 15 is 0 Å². The summed E-state index contributed by atoms with van der Waals surface area (Å²) in [5.41, 5.74) is 0.0625. The van der Waals surface area contributed by atoms with Gasteiger partial charge < -0.3 is 5.32 Å². The van der Waals surface area contributed by atoms with Gasteiger partial charge in [-0.2, -0.15) is 13.2 Å². The molecule has 0 atom stereocenters. The molecule has 1 aromatic heterocycles. The molecule has 100 valence electrons. The van der Waals surface area contributed by atoms with Crippen molar-refractivity contribution in [2.45, 2.75) is 12.7 Å². The normalized spacial score (nSPS) is 11.4. The molecule has 0 aliphatic carbocycles. The van der Waals surface area contributed by atoms with Gasteiger partial charge in [-0.15, -0.1) is 0 Å². The summed E-state index contributed by atoms with van der Waals surface area (Å²) in [4.78, 5) is 3.84. The van der Waals surface area contributed by atoms with Crippen LogP contribution in [0.1, 0.15) is 11.1 Å². The summed E-state index contributed by atoms with van der Waals surface area (Å²) in [5.74, 6) is 0.162. The van der Waals surface area contributed by atoms with Gasteiger partial charge in [-0.3, -0.25) is 0 Å². The summed E-state index contributed by atoms with van der Waals surface area (Å²) in [6.07, 6.45) is -3.25. The Labute approximate surface area is 113 Å². The number of nitrogens with one attached hydrogen (secondary N) is 1. The monoisotopic (exact) mass is 286 g/mol. The van der Waals surface area contributed by atoms with Crippen molar-refractivity contribution in [2.75, 3.05) is 5.32 Å². The minimum absolute atomic E-state index is 0.162. The fourth-order valence-electron chi connectivity index (χ4n) is 1.53. The minimum Gasteiger partial charge on any atom is -0.366 e. The molecule has 0 amide bonds. The lowest BCUT2D eigenvalue weighted by Crippen LogP contribution is -2.07. The Balaban J connectivity index is 2.10. The predicted octanol–water partition coefficient (Wildman–Crippen LogP) is 4.37. The molecule has 6 heteroatoms. The average molecular weight is 287 g/mol. The van der Waals surface area contributed by atoms with Gasteiger partial charge in [0.2, 0.25) is 0 Å². The number of pyridine rings is 1. The zero-order chi connectivity index (χ0) is 13.9. The van der Waals surface area contributed by atoms with Crippen molar-refractivity contribution in [3.05, 3.63) is 58.7 Å². The van der Waals surface area contributed by atoms with E-state index in [9.17, 15) is 13.2 Å². The van der Waals surface area contributed by atoms with Crippen molar-refractivity contribution >= 4 is 17.4 Å². The zero-order valence-electron chi connectivity index (χ0n) is 9.71. The predicted molar refractivity (Wildman–Crippen MR) is 68.0 cm³/mol. The van der Waals surface area contributed by atoms with Crippen molar-refractivity contribution < 1.29 is 13.2 Å². The topological polar surface area (TPSA) is 24.9 Å². The van der Waals surface area contributed by atoms with E-state index in [0.29, 0.717) is 11.6 Å². The molecule has 1 heterocycles. The van der Waals surface area contributed by atoms with E-state index in [-0.39, 0.29) is 5.82 Å². The van der Waals surface area contributed by atoms with E-state index in [2.05, 4.69) is 10.3 Å². The van der Waals surface area contributed by atoms with Crippen molar-refractivity contribution in [3.8, 4) is 0 Å². The van der Waals surface area contributed by atoms with Gasteiger partial charge >= 0.3 is 6.18 Å². The number of aromatic nitrogens is 1. The van der Waals surface area contributed by atoms with E-state index in [0.717, 1.165) is 23.9 Å². The molecule has 19 heavy (non-hydrogen) atoms. The number of hydrogen-bond acceptors (Lipinski definition) is 2. The van der Waals surface area contributed by atoms with Crippen LogP contribution in [0.2, 0.25) is 5.02 Å². The van der Waals surface area contributed by atoms with Crippen molar-refractivity contribution in [1.82, 2.24) is 4.98 Å². The van der Waals surface area contributed by atoms with Crippen molar-refractivity contribution in [3.63, 3.8) is 0 Å². The van der Waals surface area contributed by atoms with Crippen LogP contribution in [0, 0.1) is 0 Å². The van der Waals surface area contributed by atoms with E-state index in [1.807, 2.05) is 6.07 Å². The third kappa shape index (κ3) is 3.61. The molecular formula is C13H10ClF3N2. The standard InChI is InChI=1S/C13H10ClF3N2/c14-11-4-2-1-3-9(11)8-19-12-7-10(5-6-18-12)13(15,16)17/h1-7H,8H2,(H,18,19). The maximum absolute atomic E-state index is 12.5. The first kappa shape index (κ1) is 13.7. The van der Waals surface area contributed by atoms with Crippen LogP contribution >= 0.6 is 11.6 Å². The second kappa shape index (κ2) is 5.48. The van der Waals surface area contributed by atoms with E-state index in [1.54, 1.807) is 18.2 Å². The van der Waals surface area contributed by atoms with Gasteiger partial charge in [0.05, 0.1) is 5.56 Å². The maximum Gasteiger partial charge on any atom is 0.416 e. The van der Waals surface area contributed by atoms with E-state index in [4.69, 9.17) is 11.6 Å². The molecule has 0 aliphatic rings. The number of hydrogen-bond donors (Lipinski definition) is 1. The summed E-state index contributed by atoms with van der Waals surface area (Å²) in [6, 6.07) is 9.01. The number of anilines is 1. The lowest BCUT2D eigenvalue weighted by atomic mass is 10.2. The van der Waals surface area contributed by atoms with E-state index < -0.39 is 11.7 Å². The third-order valence-electron chi connectivity index (χ3n) is 2.51. The van der Waals surface area contributed by atoms with Gasteiger partial charge in [0.15, 0.2) is 0 Å². The summed E-state index contributed by atoms with van der Waals surface area (Å²) in [6.45, 7) is 0.313. The number of rotatable bonds is 3. The molecule has 2 rings (SSSR count). The van der Waals surface area contributed by atoms with Gasteiger partial charge in [0.1, 0.15) is 5.82 Å². The molecule has 0 spiro atoms. The Kier molecular flexibility index (Phi) is 3.95. The van der Waals surface area contributed by atoms with Crippen LogP contribution in [0.5, 0.6) is 0 Å². The molecule has 0 unspecified atom stereocenters. The van der Waals surface area contributed by atoms with Crippen molar-refractivity contribution in [1.29, 1.82) is 0 Å². The highest BCUT2D eigenvalue weighted by Crippen LogP contribution is 2.30. The summed E-state index contributed by atoms with van der Waals surface area (Å²) >= 11 is 5.95. The smallest absolute Gasteiger partial charge is 0.366 e. The molecule has 0 saturated carbocycles. The minimum atomic E-state index is -4.37. The maximum atomic E-state index is 12.5. The van der Waals surface area contributed by atoms with Crippen LogP contribution in [-0.2, 0) is 12.7 Å². The molecule has 1 N–H and O–H groups in total. The highest BCUT2D eigenvalue weighted by molar-refractivity contribution is 6.31. The Morgan fingerprint density at radius 3 is 2.58 bits per heavy atom. The Morgan fingerprint density at radius 2 is 1.89 bits per heavy atom. The Hall–Kier alpha value is -1.75. The van der Waals surface area contributed by atoms with Crippen LogP contribution in [0.25, 0.3) is 0 Å². The van der Waals surface area contributed by atoms with Crippen LogP contribution in [-0.4, -0.2) is 4.98 Å². The number of benzene rings is 1. The van der Waals surface area contributed by atoms with Crippen molar-refractivity contribution in [2.24, 2.45) is 0 Å². The molecule has 2 aromatic rings. The second-order valence-corrected chi connectivity index (χ2v) is 4.28. The van der Waals surface area contributed by atoms with Gasteiger partial charge in [0, 0.05) is 17.8 Å². The van der Waals surface area contributed by atoms with E-state index in [1.165, 1.54) is 0 Å². The number of nitrogens with zero attached hydrogens (tertiary/aromatic N) is 1. The molecule has 0 bridgehead atoms. The van der Waals surface area contributed by atoms with Gasteiger partial charge in [-0.05, 0) is 23.8 Å². The van der Waals surface area contributed by atoms with Crippen LogP contribution in [0.3, 0.4) is 0 Å². The number of halogens is 4. The Bertz CT molecular complexity index is 570. The molecule has 2 nitrogen and oxygen atoms in total. The van der Waals surface area contributed by atoms with Crippen LogP contribution in [0.4, 0.5) is 19.0 Å². The first-order valence-electron chi connectivity index (χ1n) is 5.47. The molecular weight excluding hydrogens is 277 g/mol. The highest BCUT2D eigenvalue weighted by atomic mass is 35.5. The zero-order valence-corrected chi connectivity index (χ0v) is 10.5. The fraction of sp³-hybridized carbons (Fsp3) is 0.154. The van der Waals surface area contributed by atoms with Crippen LogP contribution < -0.4 is 5.32 Å². The number of alkyl halides is 3. The quantitative estimate of drug-likeness (QED) is 0.906. The Morgan fingerprint density at radius 1 is 1.16 bits per heavy atom. The summed E-state index contributed by atoms with van der Waals surface area (Å²) < 4.78 is 37.6. The van der Waals surface area contributed by atoms with Gasteiger partial charge in [0.25, 0.3) is 0 Å². The largest absolute Gasteiger partial charge is 0.416 e. The first-order chi connectivity index (χ1) is 8.97. The molecule has 0 saturated heterocycles. The molecule has 1 aromatic carbocycles. The summed E-state index contributed by atoms with van der Waals surface area (Å²) in [7, 11) is 0. The fourth-order valence-corrected chi connectivity index (χ4v) is 1.73. The lowest BCUT2D eigenvalue weighted by molar-refractivity contribution is -0.137. The molecule has 0 aliphatic heterocycles. The lowest BCUT2D eigenvalue weighted by Gasteiger charge is -2.10. The highest BCUT2D eigenvalue weighted by Gasteiger charge is 2.30. The molecule has 0 radical (unpaired) electrons. The van der Waals surface area contributed by atoms with Gasteiger partial charge in [-0.1, -0.05) is 29.8 Å². The van der Waals surface area contributed by atoms with Gasteiger partial charge in [-0.25, -0.2) is 4.98 Å². The average Bonchev–Trinajstić information content (AvgIpc) is 2.37. The second-order valence-electron chi connectivity index (χ2n) is 3.87.